The summed E-state index contributed by atoms with van der Waals surface area (Å²) in [4.78, 5) is 23.3. The van der Waals surface area contributed by atoms with Crippen molar-refractivity contribution in [1.82, 2.24) is 24.6 Å². The van der Waals surface area contributed by atoms with Crippen molar-refractivity contribution in [3.05, 3.63) is 70.7 Å². The highest BCUT2D eigenvalue weighted by Crippen LogP contribution is 2.32. The number of aryl methyl sites for hydroxylation is 1. The lowest BCUT2D eigenvalue weighted by atomic mass is 10.0. The first kappa shape index (κ1) is 18.9. The third-order valence-corrected chi connectivity index (χ3v) is 5.72. The largest absolute Gasteiger partial charge is 0.454 e. The molecule has 0 unspecified atom stereocenters. The number of hydrogen-bond acceptors (Lipinski definition) is 4. The molecule has 1 amide bonds. The van der Waals surface area contributed by atoms with Crippen LogP contribution in [0, 0.1) is 6.92 Å². The molecular formula is C22H22ClN5O2. The smallest absolute Gasteiger partial charge is 0.290 e. The van der Waals surface area contributed by atoms with Crippen LogP contribution in [0.3, 0.4) is 0 Å². The van der Waals surface area contributed by atoms with Crippen molar-refractivity contribution < 1.29 is 9.21 Å². The molecule has 1 aliphatic rings. The van der Waals surface area contributed by atoms with Crippen LogP contribution >= 0.6 is 11.6 Å². The number of carbonyl (C=O) groups is 1. The molecule has 0 bridgehead atoms. The Morgan fingerprint density at radius 2 is 2.20 bits per heavy atom. The number of hydrogen-bond donors (Lipinski definition) is 1. The second kappa shape index (κ2) is 7.65. The molecule has 3 aromatic heterocycles. The van der Waals surface area contributed by atoms with Crippen LogP contribution in [0.2, 0.25) is 5.02 Å². The number of aromatic nitrogens is 4. The molecule has 0 aliphatic carbocycles. The molecule has 5 rings (SSSR count). The first-order valence-electron chi connectivity index (χ1n) is 10.1. The van der Waals surface area contributed by atoms with Gasteiger partial charge in [0.1, 0.15) is 11.6 Å². The normalized spacial score (nSPS) is 17.0. The summed E-state index contributed by atoms with van der Waals surface area (Å²) in [6, 6.07) is 9.61. The van der Waals surface area contributed by atoms with Crippen LogP contribution in [0.5, 0.6) is 0 Å². The Balaban J connectivity index is 1.39. The van der Waals surface area contributed by atoms with E-state index in [0.29, 0.717) is 29.6 Å². The number of amides is 1. The number of carbonyl (C=O) groups excluding carboxylic acids is 1. The maximum absolute atomic E-state index is 13.3. The van der Waals surface area contributed by atoms with Crippen LogP contribution in [0.1, 0.15) is 53.0 Å². The average Bonchev–Trinajstić information content (AvgIpc) is 3.47. The van der Waals surface area contributed by atoms with Gasteiger partial charge in [-0.15, -0.1) is 0 Å². The molecule has 1 N–H and O–H groups in total. The summed E-state index contributed by atoms with van der Waals surface area (Å²) in [6.07, 6.45) is 6.21. The Morgan fingerprint density at radius 3 is 3.03 bits per heavy atom. The second-order valence-corrected chi connectivity index (χ2v) is 8.21. The molecule has 1 aliphatic heterocycles. The van der Waals surface area contributed by atoms with Crippen molar-refractivity contribution in [1.29, 1.82) is 0 Å². The monoisotopic (exact) mass is 423 g/mol. The van der Waals surface area contributed by atoms with E-state index < -0.39 is 0 Å². The van der Waals surface area contributed by atoms with Crippen LogP contribution < -0.4 is 0 Å². The van der Waals surface area contributed by atoms with E-state index in [0.717, 1.165) is 36.1 Å². The maximum atomic E-state index is 13.3. The van der Waals surface area contributed by atoms with E-state index in [2.05, 4.69) is 23.1 Å². The SMILES string of the molecule is Cc1ccc2nc([C@@H]3CCCCN3C(=O)c3ccc(Cn4cc(Cl)cn4)o3)[nH]c2c1. The van der Waals surface area contributed by atoms with Gasteiger partial charge < -0.3 is 14.3 Å². The van der Waals surface area contributed by atoms with Gasteiger partial charge in [0.05, 0.1) is 34.8 Å². The van der Waals surface area contributed by atoms with Gasteiger partial charge in [-0.2, -0.15) is 5.10 Å². The Labute approximate surface area is 178 Å². The Bertz CT molecular complexity index is 1210. The van der Waals surface area contributed by atoms with E-state index >= 15 is 0 Å². The lowest BCUT2D eigenvalue weighted by Crippen LogP contribution is -2.38. The lowest BCUT2D eigenvalue weighted by Gasteiger charge is -2.33. The molecule has 7 nitrogen and oxygen atoms in total. The van der Waals surface area contributed by atoms with E-state index in [1.165, 1.54) is 5.56 Å². The molecule has 1 aromatic carbocycles. The number of nitrogens with one attached hydrogen (secondary N) is 1. The molecule has 0 radical (unpaired) electrons. The van der Waals surface area contributed by atoms with Crippen LogP contribution in [0.4, 0.5) is 0 Å². The maximum Gasteiger partial charge on any atom is 0.290 e. The summed E-state index contributed by atoms with van der Waals surface area (Å²) in [5.74, 6) is 1.72. The van der Waals surface area contributed by atoms with Gasteiger partial charge in [0.15, 0.2) is 5.76 Å². The van der Waals surface area contributed by atoms with E-state index in [9.17, 15) is 4.79 Å². The highest BCUT2D eigenvalue weighted by Gasteiger charge is 2.32. The van der Waals surface area contributed by atoms with Gasteiger partial charge in [-0.3, -0.25) is 9.48 Å². The van der Waals surface area contributed by atoms with Crippen molar-refractivity contribution in [3.8, 4) is 0 Å². The number of nitrogens with zero attached hydrogens (tertiary/aromatic N) is 4. The molecule has 1 atom stereocenters. The predicted octanol–water partition coefficient (Wildman–Crippen LogP) is 4.73. The lowest BCUT2D eigenvalue weighted by molar-refractivity contribution is 0.0566. The summed E-state index contributed by atoms with van der Waals surface area (Å²) in [5.41, 5.74) is 3.10. The fourth-order valence-electron chi connectivity index (χ4n) is 4.06. The third-order valence-electron chi connectivity index (χ3n) is 5.53. The number of fused-ring (bicyclic) bond motifs is 1. The standard InChI is InChI=1S/C22H22ClN5O2/c1-14-5-7-17-18(10-14)26-21(25-17)19-4-2-3-9-28(19)22(29)20-8-6-16(30-20)13-27-12-15(23)11-24-27/h5-8,10-12,19H,2-4,9,13H2,1H3,(H,25,26)/t19-/m0/s1. The van der Waals surface area contributed by atoms with Gasteiger partial charge in [0.25, 0.3) is 5.91 Å². The molecule has 0 saturated carbocycles. The van der Waals surface area contributed by atoms with Crippen molar-refractivity contribution in [3.63, 3.8) is 0 Å². The summed E-state index contributed by atoms with van der Waals surface area (Å²) >= 11 is 5.91. The summed E-state index contributed by atoms with van der Waals surface area (Å²) in [6.45, 7) is 3.17. The Morgan fingerprint density at radius 1 is 1.30 bits per heavy atom. The molecule has 8 heteroatoms. The Kier molecular flexibility index (Phi) is 4.83. The van der Waals surface area contributed by atoms with Gasteiger partial charge in [0.2, 0.25) is 0 Å². The molecule has 1 fully saturated rings. The number of benzene rings is 1. The number of likely N-dealkylation sites (tertiary alicyclic amines) is 1. The van der Waals surface area contributed by atoms with Gasteiger partial charge in [-0.1, -0.05) is 17.7 Å². The highest BCUT2D eigenvalue weighted by atomic mass is 35.5. The Hall–Kier alpha value is -3.06. The summed E-state index contributed by atoms with van der Waals surface area (Å²) < 4.78 is 7.52. The minimum Gasteiger partial charge on any atom is -0.454 e. The first-order chi connectivity index (χ1) is 14.6. The van der Waals surface area contributed by atoms with Gasteiger partial charge in [0, 0.05) is 12.7 Å². The first-order valence-corrected chi connectivity index (χ1v) is 10.5. The van der Waals surface area contributed by atoms with Crippen LogP contribution in [0.25, 0.3) is 11.0 Å². The van der Waals surface area contributed by atoms with Crippen molar-refractivity contribution >= 4 is 28.5 Å². The number of aromatic amines is 1. The molecule has 1 saturated heterocycles. The molecular weight excluding hydrogens is 402 g/mol. The van der Waals surface area contributed by atoms with Crippen LogP contribution in [-0.4, -0.2) is 37.1 Å². The molecule has 4 aromatic rings. The van der Waals surface area contributed by atoms with Gasteiger partial charge >= 0.3 is 0 Å². The number of piperidine rings is 1. The fourth-order valence-corrected chi connectivity index (χ4v) is 4.22. The zero-order valence-corrected chi connectivity index (χ0v) is 17.4. The minimum atomic E-state index is -0.110. The van der Waals surface area contributed by atoms with Crippen molar-refractivity contribution in [2.24, 2.45) is 0 Å². The van der Waals surface area contributed by atoms with Gasteiger partial charge in [-0.05, 0) is 56.0 Å². The topological polar surface area (TPSA) is 79.9 Å². The van der Waals surface area contributed by atoms with Crippen LogP contribution in [0.15, 0.2) is 47.1 Å². The van der Waals surface area contributed by atoms with Crippen LogP contribution in [-0.2, 0) is 6.54 Å². The number of furan rings is 1. The minimum absolute atomic E-state index is 0.0857. The predicted molar refractivity (Wildman–Crippen MR) is 114 cm³/mol. The zero-order chi connectivity index (χ0) is 20.7. The molecule has 0 spiro atoms. The number of imidazole rings is 1. The molecule has 154 valence electrons. The highest BCUT2D eigenvalue weighted by molar-refractivity contribution is 6.30. The van der Waals surface area contributed by atoms with E-state index in [4.69, 9.17) is 21.0 Å². The number of H-pyrrole nitrogens is 1. The van der Waals surface area contributed by atoms with Gasteiger partial charge in [-0.25, -0.2) is 4.98 Å². The average molecular weight is 424 g/mol. The van der Waals surface area contributed by atoms with E-state index in [1.54, 1.807) is 23.1 Å². The quantitative estimate of drug-likeness (QED) is 0.514. The second-order valence-electron chi connectivity index (χ2n) is 7.77. The summed E-state index contributed by atoms with van der Waals surface area (Å²) in [7, 11) is 0. The van der Waals surface area contributed by atoms with E-state index in [-0.39, 0.29) is 11.9 Å². The molecule has 4 heterocycles. The van der Waals surface area contributed by atoms with Crippen molar-refractivity contribution in [2.45, 2.75) is 38.8 Å². The molecule has 30 heavy (non-hydrogen) atoms. The van der Waals surface area contributed by atoms with Crippen molar-refractivity contribution in [2.75, 3.05) is 6.54 Å². The fraction of sp³-hybridized carbons (Fsp3) is 0.318. The zero-order valence-electron chi connectivity index (χ0n) is 16.6. The third kappa shape index (κ3) is 3.61. The number of halogens is 1. The number of rotatable bonds is 4. The van der Waals surface area contributed by atoms with E-state index in [1.807, 2.05) is 23.1 Å². The summed E-state index contributed by atoms with van der Waals surface area (Å²) in [5, 5.41) is 4.72.